The molecule has 1 amide bonds. The second-order valence-corrected chi connectivity index (χ2v) is 4.27. The number of carbonyl (C=O) groups is 1. The number of hydrazine groups is 1. The highest BCUT2D eigenvalue weighted by Crippen LogP contribution is 2.17. The number of amides is 1. The minimum Gasteiger partial charge on any atom is -0.322 e. The van der Waals surface area contributed by atoms with Crippen LogP contribution in [0.2, 0.25) is 0 Å². The fraction of sp³-hybridized carbons (Fsp3) is 0.250. The molecule has 7 heteroatoms. The van der Waals surface area contributed by atoms with E-state index in [0.717, 1.165) is 0 Å². The topological polar surface area (TPSA) is 97.9 Å². The summed E-state index contributed by atoms with van der Waals surface area (Å²) in [6.45, 7) is 3.98. The van der Waals surface area contributed by atoms with Crippen LogP contribution >= 0.6 is 0 Å². The van der Waals surface area contributed by atoms with E-state index < -0.39 is 0 Å². The number of carbonyl (C=O) groups excluding carboxylic acids is 1. The third-order valence-corrected chi connectivity index (χ3v) is 2.62. The number of hydrogen-bond acceptors (Lipinski definition) is 5. The molecular formula is C12H16N6O. The molecule has 19 heavy (non-hydrogen) atoms. The predicted molar refractivity (Wildman–Crippen MR) is 72.6 cm³/mol. The van der Waals surface area contributed by atoms with Gasteiger partial charge in [-0.05, 0) is 19.9 Å². The number of nitrogen functional groups attached to an aromatic ring is 1. The number of rotatable bonds is 4. The Kier molecular flexibility index (Phi) is 3.76. The Morgan fingerprint density at radius 3 is 2.84 bits per heavy atom. The van der Waals surface area contributed by atoms with Crippen molar-refractivity contribution < 1.29 is 4.79 Å². The smallest absolute Gasteiger partial charge is 0.259 e. The molecule has 0 aliphatic carbocycles. The molecular weight excluding hydrogens is 244 g/mol. The fourth-order valence-corrected chi connectivity index (χ4v) is 1.72. The zero-order valence-corrected chi connectivity index (χ0v) is 10.8. The van der Waals surface area contributed by atoms with Crippen molar-refractivity contribution in [3.63, 3.8) is 0 Å². The molecule has 0 bridgehead atoms. The lowest BCUT2D eigenvalue weighted by atomic mass is 10.2. The first-order chi connectivity index (χ1) is 9.13. The molecule has 2 aromatic heterocycles. The first-order valence-electron chi connectivity index (χ1n) is 5.89. The van der Waals surface area contributed by atoms with Gasteiger partial charge in [0.2, 0.25) is 0 Å². The fourth-order valence-electron chi connectivity index (χ4n) is 1.72. The van der Waals surface area contributed by atoms with Crippen LogP contribution in [0.5, 0.6) is 0 Å². The number of nitrogens with zero attached hydrogens (tertiary/aromatic N) is 3. The van der Waals surface area contributed by atoms with E-state index in [1.165, 1.54) is 12.4 Å². The number of nitrogens with one attached hydrogen (secondary N) is 2. The summed E-state index contributed by atoms with van der Waals surface area (Å²) in [5, 5.41) is 6.96. The van der Waals surface area contributed by atoms with Crippen LogP contribution in [0.25, 0.3) is 0 Å². The second kappa shape index (κ2) is 5.49. The Bertz CT molecular complexity index is 577. The van der Waals surface area contributed by atoms with Gasteiger partial charge in [0.1, 0.15) is 5.82 Å². The van der Waals surface area contributed by atoms with Gasteiger partial charge in [-0.25, -0.2) is 4.68 Å². The zero-order chi connectivity index (χ0) is 13.8. The Morgan fingerprint density at radius 1 is 1.37 bits per heavy atom. The van der Waals surface area contributed by atoms with E-state index in [0.29, 0.717) is 17.1 Å². The lowest BCUT2D eigenvalue weighted by Gasteiger charge is -2.13. The van der Waals surface area contributed by atoms with Crippen LogP contribution < -0.4 is 16.6 Å². The second-order valence-electron chi connectivity index (χ2n) is 4.27. The highest BCUT2D eigenvalue weighted by molar-refractivity contribution is 6.07. The van der Waals surface area contributed by atoms with E-state index in [-0.39, 0.29) is 11.9 Å². The molecule has 2 heterocycles. The van der Waals surface area contributed by atoms with Crippen LogP contribution in [-0.4, -0.2) is 20.7 Å². The Labute approximate surface area is 110 Å². The van der Waals surface area contributed by atoms with E-state index in [1.54, 1.807) is 23.0 Å². The summed E-state index contributed by atoms with van der Waals surface area (Å²) >= 11 is 0. The lowest BCUT2D eigenvalue weighted by molar-refractivity contribution is 0.102. The highest BCUT2D eigenvalue weighted by atomic mass is 16.1. The molecule has 0 aromatic carbocycles. The molecule has 7 nitrogen and oxygen atoms in total. The zero-order valence-electron chi connectivity index (χ0n) is 10.8. The first-order valence-corrected chi connectivity index (χ1v) is 5.89. The van der Waals surface area contributed by atoms with Gasteiger partial charge in [0.05, 0.1) is 23.6 Å². The number of anilines is 2. The summed E-state index contributed by atoms with van der Waals surface area (Å²) in [6.07, 6.45) is 4.68. The minimum absolute atomic E-state index is 0.162. The van der Waals surface area contributed by atoms with E-state index in [1.807, 2.05) is 13.8 Å². The van der Waals surface area contributed by atoms with Gasteiger partial charge in [-0.1, -0.05) is 0 Å². The number of aromatic nitrogens is 3. The summed E-state index contributed by atoms with van der Waals surface area (Å²) in [4.78, 5) is 16.1. The van der Waals surface area contributed by atoms with Crippen molar-refractivity contribution in [1.29, 1.82) is 0 Å². The van der Waals surface area contributed by atoms with Crippen molar-refractivity contribution in [1.82, 2.24) is 14.8 Å². The minimum atomic E-state index is -0.266. The van der Waals surface area contributed by atoms with Crippen LogP contribution in [0.15, 0.2) is 30.7 Å². The molecule has 4 N–H and O–H groups in total. The van der Waals surface area contributed by atoms with Crippen molar-refractivity contribution in [2.45, 2.75) is 19.9 Å². The van der Waals surface area contributed by atoms with Crippen molar-refractivity contribution in [3.05, 3.63) is 36.3 Å². The molecule has 0 aliphatic rings. The maximum Gasteiger partial charge on any atom is 0.259 e. The number of hydrogen-bond donors (Lipinski definition) is 3. The molecule has 0 spiro atoms. The molecule has 0 unspecified atom stereocenters. The molecule has 0 fully saturated rings. The maximum atomic E-state index is 12.2. The Morgan fingerprint density at radius 2 is 2.16 bits per heavy atom. The van der Waals surface area contributed by atoms with Crippen LogP contribution in [0, 0.1) is 0 Å². The average Bonchev–Trinajstić information content (AvgIpc) is 2.87. The van der Waals surface area contributed by atoms with Gasteiger partial charge < -0.3 is 10.7 Å². The third-order valence-electron chi connectivity index (χ3n) is 2.62. The van der Waals surface area contributed by atoms with Gasteiger partial charge in [0.25, 0.3) is 5.91 Å². The average molecular weight is 260 g/mol. The molecule has 0 saturated heterocycles. The maximum absolute atomic E-state index is 12.2. The largest absolute Gasteiger partial charge is 0.322 e. The number of pyridine rings is 1. The van der Waals surface area contributed by atoms with Crippen LogP contribution in [0.3, 0.4) is 0 Å². The summed E-state index contributed by atoms with van der Waals surface area (Å²) in [5.41, 5.74) is 3.34. The van der Waals surface area contributed by atoms with Crippen molar-refractivity contribution in [2.24, 2.45) is 5.84 Å². The van der Waals surface area contributed by atoms with Crippen molar-refractivity contribution >= 4 is 17.4 Å². The third kappa shape index (κ3) is 2.71. The van der Waals surface area contributed by atoms with Crippen molar-refractivity contribution in [3.8, 4) is 0 Å². The molecule has 2 aromatic rings. The molecule has 2 rings (SSSR count). The van der Waals surface area contributed by atoms with Gasteiger partial charge >= 0.3 is 0 Å². The van der Waals surface area contributed by atoms with Crippen LogP contribution in [-0.2, 0) is 0 Å². The molecule has 0 saturated carbocycles. The van der Waals surface area contributed by atoms with Gasteiger partial charge in [-0.15, -0.1) is 0 Å². The summed E-state index contributed by atoms with van der Waals surface area (Å²) in [5.74, 6) is 5.73. The van der Waals surface area contributed by atoms with E-state index in [4.69, 9.17) is 5.84 Å². The van der Waals surface area contributed by atoms with Crippen molar-refractivity contribution in [2.75, 3.05) is 10.7 Å². The van der Waals surface area contributed by atoms with Crippen LogP contribution in [0.4, 0.5) is 11.5 Å². The monoisotopic (exact) mass is 260 g/mol. The number of nitrogens with two attached hydrogens (primary N) is 1. The summed E-state index contributed by atoms with van der Waals surface area (Å²) in [6, 6.07) is 3.50. The quantitative estimate of drug-likeness (QED) is 0.570. The Balaban J connectivity index is 2.23. The van der Waals surface area contributed by atoms with Gasteiger partial charge in [0, 0.05) is 18.3 Å². The van der Waals surface area contributed by atoms with Gasteiger partial charge in [-0.2, -0.15) is 5.10 Å². The SMILES string of the molecule is CC(C)n1nccc1NC(=O)c1ccncc1NN. The first kappa shape index (κ1) is 13.0. The molecule has 0 aliphatic heterocycles. The standard InChI is InChI=1S/C12H16N6O/c1-8(2)18-11(4-6-15-18)16-12(19)9-3-5-14-7-10(9)17-13/h3-8,17H,13H2,1-2H3,(H,16,19). The van der Waals surface area contributed by atoms with E-state index in [2.05, 4.69) is 20.8 Å². The Hall–Kier alpha value is -2.41. The molecule has 0 radical (unpaired) electrons. The summed E-state index contributed by atoms with van der Waals surface area (Å²) < 4.78 is 1.73. The molecule has 100 valence electrons. The van der Waals surface area contributed by atoms with Gasteiger partial charge in [0.15, 0.2) is 0 Å². The summed E-state index contributed by atoms with van der Waals surface area (Å²) in [7, 11) is 0. The molecule has 0 atom stereocenters. The van der Waals surface area contributed by atoms with Gasteiger partial charge in [-0.3, -0.25) is 15.6 Å². The lowest BCUT2D eigenvalue weighted by Crippen LogP contribution is -2.19. The van der Waals surface area contributed by atoms with E-state index in [9.17, 15) is 4.79 Å². The predicted octanol–water partition coefficient (Wildman–Crippen LogP) is 1.40. The highest BCUT2D eigenvalue weighted by Gasteiger charge is 2.14. The normalized spacial score (nSPS) is 10.5. The van der Waals surface area contributed by atoms with Crippen LogP contribution in [0.1, 0.15) is 30.2 Å². The van der Waals surface area contributed by atoms with E-state index >= 15 is 0 Å².